The van der Waals surface area contributed by atoms with Gasteiger partial charge in [0.1, 0.15) is 11.5 Å². The molecule has 6 nitrogen and oxygen atoms in total. The number of pyridine rings is 1. The number of hydrogen-bond donors (Lipinski definition) is 2. The zero-order valence-corrected chi connectivity index (χ0v) is 14.2. The molecule has 2 aromatic rings. The van der Waals surface area contributed by atoms with Gasteiger partial charge < -0.3 is 15.8 Å². The van der Waals surface area contributed by atoms with Crippen LogP contribution in [0.5, 0.6) is 0 Å². The topological polar surface area (TPSA) is 89.6 Å². The highest BCUT2D eigenvalue weighted by molar-refractivity contribution is 6.30. The summed E-state index contributed by atoms with van der Waals surface area (Å²) in [6, 6.07) is 5.56. The normalized spacial score (nSPS) is 16.8. The molecule has 0 spiro atoms. The van der Waals surface area contributed by atoms with E-state index in [1.165, 1.54) is 18.3 Å². The Morgan fingerprint density at radius 2 is 2.24 bits per heavy atom. The van der Waals surface area contributed by atoms with Crippen LogP contribution in [0.25, 0.3) is 0 Å². The van der Waals surface area contributed by atoms with Crippen molar-refractivity contribution in [3.05, 3.63) is 58.1 Å². The Hall–Kier alpha value is -2.67. The number of carbonyl (C=O) groups is 1. The predicted octanol–water partition coefficient (Wildman–Crippen LogP) is 3.21. The number of aromatic nitrogens is 1. The summed E-state index contributed by atoms with van der Waals surface area (Å²) in [5.41, 5.74) is 7.25. The minimum absolute atomic E-state index is 0.0334. The Labute approximate surface area is 148 Å². The van der Waals surface area contributed by atoms with Gasteiger partial charge in [-0.15, -0.1) is 0 Å². The number of nitrogens with one attached hydrogen (secondary N) is 1. The molecule has 0 radical (unpaired) electrons. The summed E-state index contributed by atoms with van der Waals surface area (Å²) >= 11 is 5.85. The number of hydrogen-bond acceptors (Lipinski definition) is 5. The first-order valence-corrected chi connectivity index (χ1v) is 8.01. The number of nitrogens with zero attached hydrogens (tertiary/aromatic N) is 2. The monoisotopic (exact) mass is 362 g/mol. The second-order valence-corrected chi connectivity index (χ2v) is 6.07. The Kier molecular flexibility index (Phi) is 4.85. The highest BCUT2D eigenvalue weighted by Gasteiger charge is 2.21. The number of aliphatic imine (C=N–C) groups is 1. The summed E-state index contributed by atoms with van der Waals surface area (Å²) < 4.78 is 19.2. The third-order valence-corrected chi connectivity index (χ3v) is 4.00. The molecule has 1 aliphatic heterocycles. The molecule has 3 N–H and O–H groups in total. The number of amidine groups is 1. The number of anilines is 1. The second kappa shape index (κ2) is 7.06. The van der Waals surface area contributed by atoms with Gasteiger partial charge in [-0.3, -0.25) is 4.79 Å². The van der Waals surface area contributed by atoms with E-state index in [9.17, 15) is 9.18 Å². The number of nitrogens with two attached hydrogens (primary N) is 1. The van der Waals surface area contributed by atoms with Gasteiger partial charge in [-0.05, 0) is 36.8 Å². The molecule has 1 atom stereocenters. The third kappa shape index (κ3) is 3.88. The van der Waals surface area contributed by atoms with Crippen molar-refractivity contribution in [2.75, 3.05) is 11.9 Å². The second-order valence-electron chi connectivity index (χ2n) is 5.63. The average Bonchev–Trinajstić information content (AvgIpc) is 2.56. The SMILES string of the molecule is Cc1cc(Cl)cnc1C(=O)Nc1ccc(F)c(C2CCOC(N)=N2)c1. The molecule has 1 amide bonds. The maximum absolute atomic E-state index is 14.2. The van der Waals surface area contributed by atoms with Gasteiger partial charge in [0.2, 0.25) is 0 Å². The van der Waals surface area contributed by atoms with Crippen molar-refractivity contribution >= 4 is 29.2 Å². The number of benzene rings is 1. The highest BCUT2D eigenvalue weighted by atomic mass is 35.5. The maximum atomic E-state index is 14.2. The van der Waals surface area contributed by atoms with E-state index in [1.54, 1.807) is 19.1 Å². The molecule has 1 aromatic heterocycles. The van der Waals surface area contributed by atoms with Gasteiger partial charge in [0, 0.05) is 23.9 Å². The summed E-state index contributed by atoms with van der Waals surface area (Å²) in [7, 11) is 0. The fourth-order valence-electron chi connectivity index (χ4n) is 2.60. The number of rotatable bonds is 3. The van der Waals surface area contributed by atoms with Gasteiger partial charge in [0.15, 0.2) is 0 Å². The average molecular weight is 363 g/mol. The lowest BCUT2D eigenvalue weighted by molar-refractivity contribution is 0.102. The lowest BCUT2D eigenvalue weighted by atomic mass is 10.0. The Bertz CT molecular complexity index is 857. The summed E-state index contributed by atoms with van der Waals surface area (Å²) in [6.07, 6.45) is 1.91. The van der Waals surface area contributed by atoms with Crippen LogP contribution in [-0.2, 0) is 4.74 Å². The number of amides is 1. The molecule has 25 heavy (non-hydrogen) atoms. The maximum Gasteiger partial charge on any atom is 0.282 e. The zero-order chi connectivity index (χ0) is 18.0. The number of halogens is 2. The van der Waals surface area contributed by atoms with Crippen molar-refractivity contribution < 1.29 is 13.9 Å². The minimum atomic E-state index is -0.444. The molecule has 2 heterocycles. The first-order chi connectivity index (χ1) is 11.9. The smallest absolute Gasteiger partial charge is 0.282 e. The Balaban J connectivity index is 1.85. The summed E-state index contributed by atoms with van der Waals surface area (Å²) in [4.78, 5) is 20.5. The third-order valence-electron chi connectivity index (χ3n) is 3.80. The standard InChI is InChI=1S/C17H16ClFN4O2/c1-9-6-10(18)8-21-15(9)16(24)22-11-2-3-13(19)12(7-11)14-4-5-25-17(20)23-14/h2-3,6-8,14H,4-5H2,1H3,(H2,20,23)(H,22,24). The van der Waals surface area contributed by atoms with Crippen LogP contribution in [0.1, 0.15) is 34.1 Å². The number of aryl methyl sites for hydroxylation is 1. The van der Waals surface area contributed by atoms with Gasteiger partial charge in [-0.25, -0.2) is 14.4 Å². The van der Waals surface area contributed by atoms with E-state index in [-0.39, 0.29) is 11.7 Å². The molecule has 130 valence electrons. The van der Waals surface area contributed by atoms with Crippen molar-refractivity contribution in [1.29, 1.82) is 0 Å². The quantitative estimate of drug-likeness (QED) is 0.877. The molecule has 1 unspecified atom stereocenters. The molecule has 0 aliphatic carbocycles. The highest BCUT2D eigenvalue weighted by Crippen LogP contribution is 2.29. The minimum Gasteiger partial charge on any atom is -0.465 e. The largest absolute Gasteiger partial charge is 0.465 e. The van der Waals surface area contributed by atoms with Crippen molar-refractivity contribution in [3.63, 3.8) is 0 Å². The van der Waals surface area contributed by atoms with E-state index in [0.717, 1.165) is 0 Å². The first kappa shape index (κ1) is 17.2. The molecule has 0 fully saturated rings. The fourth-order valence-corrected chi connectivity index (χ4v) is 2.81. The first-order valence-electron chi connectivity index (χ1n) is 7.63. The van der Waals surface area contributed by atoms with Gasteiger partial charge >= 0.3 is 0 Å². The van der Waals surface area contributed by atoms with Crippen LogP contribution in [0.15, 0.2) is 35.5 Å². The van der Waals surface area contributed by atoms with E-state index < -0.39 is 17.8 Å². The number of ether oxygens (including phenoxy) is 1. The van der Waals surface area contributed by atoms with Crippen molar-refractivity contribution in [3.8, 4) is 0 Å². The molecular weight excluding hydrogens is 347 g/mol. The summed E-state index contributed by atoms with van der Waals surface area (Å²) in [6.45, 7) is 2.10. The predicted molar refractivity (Wildman–Crippen MR) is 93.3 cm³/mol. The van der Waals surface area contributed by atoms with E-state index in [4.69, 9.17) is 22.1 Å². The van der Waals surface area contributed by atoms with Crippen LogP contribution < -0.4 is 11.1 Å². The van der Waals surface area contributed by atoms with Gasteiger partial charge in [-0.1, -0.05) is 11.6 Å². The Morgan fingerprint density at radius 1 is 1.44 bits per heavy atom. The molecular formula is C17H16ClFN4O2. The molecule has 8 heteroatoms. The fraction of sp³-hybridized carbons (Fsp3) is 0.235. The molecule has 0 saturated carbocycles. The van der Waals surface area contributed by atoms with Crippen LogP contribution in [0.4, 0.5) is 10.1 Å². The molecule has 1 aromatic carbocycles. The summed E-state index contributed by atoms with van der Waals surface area (Å²) in [5, 5.41) is 3.17. The van der Waals surface area contributed by atoms with Crippen LogP contribution >= 0.6 is 11.6 Å². The summed E-state index contributed by atoms with van der Waals surface area (Å²) in [5.74, 6) is -0.816. The van der Waals surface area contributed by atoms with E-state index in [2.05, 4.69) is 15.3 Å². The molecule has 3 rings (SSSR count). The van der Waals surface area contributed by atoms with Crippen LogP contribution in [0, 0.1) is 12.7 Å². The zero-order valence-electron chi connectivity index (χ0n) is 13.4. The van der Waals surface area contributed by atoms with Gasteiger partial charge in [-0.2, -0.15) is 0 Å². The molecule has 0 saturated heterocycles. The molecule has 1 aliphatic rings. The van der Waals surface area contributed by atoms with Crippen LogP contribution in [-0.4, -0.2) is 23.5 Å². The van der Waals surface area contributed by atoms with Crippen LogP contribution in [0.3, 0.4) is 0 Å². The Morgan fingerprint density at radius 3 is 2.96 bits per heavy atom. The van der Waals surface area contributed by atoms with Crippen molar-refractivity contribution in [2.45, 2.75) is 19.4 Å². The van der Waals surface area contributed by atoms with Crippen molar-refractivity contribution in [1.82, 2.24) is 4.98 Å². The lowest BCUT2D eigenvalue weighted by Gasteiger charge is -2.20. The van der Waals surface area contributed by atoms with E-state index in [0.29, 0.717) is 34.9 Å². The van der Waals surface area contributed by atoms with Gasteiger partial charge in [0.25, 0.3) is 11.9 Å². The van der Waals surface area contributed by atoms with Gasteiger partial charge in [0.05, 0.1) is 17.7 Å². The van der Waals surface area contributed by atoms with E-state index >= 15 is 0 Å². The van der Waals surface area contributed by atoms with E-state index in [1.807, 2.05) is 0 Å². The van der Waals surface area contributed by atoms with Crippen molar-refractivity contribution in [2.24, 2.45) is 10.7 Å². The number of carbonyl (C=O) groups excluding carboxylic acids is 1. The van der Waals surface area contributed by atoms with Crippen LogP contribution in [0.2, 0.25) is 5.02 Å². The lowest BCUT2D eigenvalue weighted by Crippen LogP contribution is -2.24. The molecule has 0 bridgehead atoms.